The summed E-state index contributed by atoms with van der Waals surface area (Å²) in [4.78, 5) is 8.87. The van der Waals surface area contributed by atoms with E-state index in [2.05, 4.69) is 31.1 Å². The van der Waals surface area contributed by atoms with Crippen molar-refractivity contribution in [3.63, 3.8) is 0 Å². The quantitative estimate of drug-likeness (QED) is 0.937. The molecular formula is C15H17ClN6. The number of aromatic nitrogens is 3. The number of H-pyrrole nitrogens is 1. The molecule has 114 valence electrons. The molecule has 6 nitrogen and oxygen atoms in total. The van der Waals surface area contributed by atoms with Crippen LogP contribution in [0.3, 0.4) is 0 Å². The SMILES string of the molecule is Cc1nc(CN2CCN(c3cc(Cl)ccc3C#N)CC2)n[nH]1. The van der Waals surface area contributed by atoms with Crippen molar-refractivity contribution in [2.24, 2.45) is 0 Å². The predicted molar refractivity (Wildman–Crippen MR) is 84.8 cm³/mol. The summed E-state index contributed by atoms with van der Waals surface area (Å²) in [5.41, 5.74) is 1.59. The largest absolute Gasteiger partial charge is 0.368 e. The number of rotatable bonds is 3. The number of nitrogens with one attached hydrogen (secondary N) is 1. The second kappa shape index (κ2) is 6.34. The molecule has 2 heterocycles. The van der Waals surface area contributed by atoms with Crippen LogP contribution in [0.2, 0.25) is 5.02 Å². The number of anilines is 1. The molecular weight excluding hydrogens is 300 g/mol. The van der Waals surface area contributed by atoms with Crippen molar-refractivity contribution in [3.05, 3.63) is 40.4 Å². The van der Waals surface area contributed by atoms with Crippen LogP contribution in [0.15, 0.2) is 18.2 Å². The Bertz CT molecular complexity index is 696. The van der Waals surface area contributed by atoms with E-state index < -0.39 is 0 Å². The molecule has 1 N–H and O–H groups in total. The fourth-order valence-electron chi connectivity index (χ4n) is 2.67. The van der Waals surface area contributed by atoms with Crippen LogP contribution in [0.5, 0.6) is 0 Å². The number of halogens is 1. The Hall–Kier alpha value is -2.10. The van der Waals surface area contributed by atoms with Gasteiger partial charge in [0.05, 0.1) is 17.8 Å². The minimum Gasteiger partial charge on any atom is -0.368 e. The third kappa shape index (κ3) is 3.21. The van der Waals surface area contributed by atoms with Crippen LogP contribution in [0.25, 0.3) is 0 Å². The van der Waals surface area contributed by atoms with Crippen molar-refractivity contribution in [2.75, 3.05) is 31.1 Å². The van der Waals surface area contributed by atoms with Crippen molar-refractivity contribution in [1.82, 2.24) is 20.1 Å². The van der Waals surface area contributed by atoms with Gasteiger partial charge in [-0.25, -0.2) is 4.98 Å². The molecule has 0 atom stereocenters. The van der Waals surface area contributed by atoms with E-state index >= 15 is 0 Å². The Balaban J connectivity index is 1.64. The average Bonchev–Trinajstić information content (AvgIpc) is 2.93. The Morgan fingerprint density at radius 1 is 1.32 bits per heavy atom. The summed E-state index contributed by atoms with van der Waals surface area (Å²) in [7, 11) is 0. The second-order valence-corrected chi connectivity index (χ2v) is 5.81. The summed E-state index contributed by atoms with van der Waals surface area (Å²) < 4.78 is 0. The van der Waals surface area contributed by atoms with Crippen LogP contribution in [0.1, 0.15) is 17.2 Å². The highest BCUT2D eigenvalue weighted by molar-refractivity contribution is 6.30. The highest BCUT2D eigenvalue weighted by Crippen LogP contribution is 2.25. The molecule has 0 saturated carbocycles. The summed E-state index contributed by atoms with van der Waals surface area (Å²) in [5.74, 6) is 1.66. The number of benzene rings is 1. The smallest absolute Gasteiger partial charge is 0.164 e. The van der Waals surface area contributed by atoms with Gasteiger partial charge in [-0.05, 0) is 25.1 Å². The highest BCUT2D eigenvalue weighted by atomic mass is 35.5. The van der Waals surface area contributed by atoms with E-state index in [-0.39, 0.29) is 0 Å². The van der Waals surface area contributed by atoms with Crippen LogP contribution in [-0.4, -0.2) is 46.3 Å². The fraction of sp³-hybridized carbons (Fsp3) is 0.400. The molecule has 1 aliphatic heterocycles. The zero-order chi connectivity index (χ0) is 15.5. The van der Waals surface area contributed by atoms with Crippen LogP contribution in [0.4, 0.5) is 5.69 Å². The van der Waals surface area contributed by atoms with Gasteiger partial charge in [0.1, 0.15) is 11.9 Å². The van der Waals surface area contributed by atoms with Gasteiger partial charge in [-0.1, -0.05) is 11.6 Å². The molecule has 0 amide bonds. The highest BCUT2D eigenvalue weighted by Gasteiger charge is 2.20. The van der Waals surface area contributed by atoms with E-state index in [9.17, 15) is 5.26 Å². The van der Waals surface area contributed by atoms with Gasteiger partial charge in [0.2, 0.25) is 0 Å². The Morgan fingerprint density at radius 2 is 2.09 bits per heavy atom. The third-order valence-corrected chi connectivity index (χ3v) is 4.04. The minimum atomic E-state index is 0.660. The zero-order valence-electron chi connectivity index (χ0n) is 12.4. The summed E-state index contributed by atoms with van der Waals surface area (Å²) in [5, 5.41) is 16.9. The molecule has 0 spiro atoms. The number of nitriles is 1. The summed E-state index contributed by atoms with van der Waals surface area (Å²) >= 11 is 6.06. The molecule has 2 aromatic rings. The molecule has 1 fully saturated rings. The lowest BCUT2D eigenvalue weighted by Gasteiger charge is -2.36. The maximum atomic E-state index is 9.24. The van der Waals surface area contributed by atoms with Crippen LogP contribution >= 0.6 is 11.6 Å². The zero-order valence-corrected chi connectivity index (χ0v) is 13.1. The normalized spacial score (nSPS) is 15.8. The van der Waals surface area contributed by atoms with Gasteiger partial charge in [-0.3, -0.25) is 10.00 Å². The first-order valence-corrected chi connectivity index (χ1v) is 7.58. The molecule has 0 radical (unpaired) electrons. The fourth-order valence-corrected chi connectivity index (χ4v) is 2.83. The molecule has 1 saturated heterocycles. The second-order valence-electron chi connectivity index (χ2n) is 5.37. The van der Waals surface area contributed by atoms with E-state index in [1.54, 1.807) is 12.1 Å². The number of hydrogen-bond acceptors (Lipinski definition) is 5. The van der Waals surface area contributed by atoms with Crippen molar-refractivity contribution >= 4 is 17.3 Å². The van der Waals surface area contributed by atoms with E-state index in [4.69, 9.17) is 11.6 Å². The molecule has 7 heteroatoms. The first-order chi connectivity index (χ1) is 10.7. The van der Waals surface area contributed by atoms with Gasteiger partial charge in [-0.15, -0.1) is 0 Å². The topological polar surface area (TPSA) is 71.8 Å². The molecule has 0 unspecified atom stereocenters. The molecule has 22 heavy (non-hydrogen) atoms. The molecule has 0 aliphatic carbocycles. The van der Waals surface area contributed by atoms with Crippen molar-refractivity contribution in [1.29, 1.82) is 5.26 Å². The maximum Gasteiger partial charge on any atom is 0.164 e. The van der Waals surface area contributed by atoms with E-state index in [0.717, 1.165) is 50.1 Å². The monoisotopic (exact) mass is 316 g/mol. The summed E-state index contributed by atoms with van der Waals surface area (Å²) in [6.45, 7) is 6.18. The van der Waals surface area contributed by atoms with E-state index in [1.807, 2.05) is 13.0 Å². The number of aromatic amines is 1. The van der Waals surface area contributed by atoms with Gasteiger partial charge >= 0.3 is 0 Å². The van der Waals surface area contributed by atoms with Gasteiger partial charge < -0.3 is 4.90 Å². The lowest BCUT2D eigenvalue weighted by atomic mass is 10.1. The summed E-state index contributed by atoms with van der Waals surface area (Å²) in [6.07, 6.45) is 0. The number of hydrogen-bond donors (Lipinski definition) is 1. The standard InChI is InChI=1S/C15H17ClN6/c1-11-18-15(20-19-11)10-21-4-6-22(7-5-21)14-8-13(16)3-2-12(14)9-17/h2-3,8H,4-7,10H2,1H3,(H,18,19,20). The van der Waals surface area contributed by atoms with Crippen LogP contribution in [-0.2, 0) is 6.54 Å². The number of aryl methyl sites for hydroxylation is 1. The van der Waals surface area contributed by atoms with E-state index in [0.29, 0.717) is 10.6 Å². The first kappa shape index (κ1) is 14.8. The van der Waals surface area contributed by atoms with Crippen molar-refractivity contribution in [3.8, 4) is 6.07 Å². The van der Waals surface area contributed by atoms with Crippen LogP contribution in [0, 0.1) is 18.3 Å². The molecule has 0 bridgehead atoms. The maximum absolute atomic E-state index is 9.24. The van der Waals surface area contributed by atoms with Gasteiger partial charge in [-0.2, -0.15) is 10.4 Å². The van der Waals surface area contributed by atoms with Gasteiger partial charge in [0.25, 0.3) is 0 Å². The Kier molecular flexibility index (Phi) is 4.27. The molecule has 3 rings (SSSR count). The minimum absolute atomic E-state index is 0.660. The van der Waals surface area contributed by atoms with Crippen molar-refractivity contribution in [2.45, 2.75) is 13.5 Å². The van der Waals surface area contributed by atoms with Gasteiger partial charge in [0.15, 0.2) is 5.82 Å². The number of nitrogens with zero attached hydrogens (tertiary/aromatic N) is 5. The Morgan fingerprint density at radius 3 is 2.73 bits per heavy atom. The van der Waals surface area contributed by atoms with E-state index in [1.165, 1.54) is 0 Å². The van der Waals surface area contributed by atoms with Crippen LogP contribution < -0.4 is 4.90 Å². The summed E-state index contributed by atoms with van der Waals surface area (Å²) in [6, 6.07) is 7.64. The third-order valence-electron chi connectivity index (χ3n) is 3.80. The average molecular weight is 317 g/mol. The molecule has 1 aromatic heterocycles. The van der Waals surface area contributed by atoms with Crippen molar-refractivity contribution < 1.29 is 0 Å². The lowest BCUT2D eigenvalue weighted by Crippen LogP contribution is -2.46. The lowest BCUT2D eigenvalue weighted by molar-refractivity contribution is 0.244. The molecule has 1 aliphatic rings. The first-order valence-electron chi connectivity index (χ1n) is 7.20. The molecule has 1 aromatic carbocycles. The predicted octanol–water partition coefficient (Wildman–Crippen LogP) is 1.96. The Labute approximate surface area is 134 Å². The van der Waals surface area contributed by atoms with Gasteiger partial charge in [0, 0.05) is 31.2 Å². The number of piperazine rings is 1.